The Bertz CT molecular complexity index is 918. The summed E-state index contributed by atoms with van der Waals surface area (Å²) in [5, 5.41) is 7.05. The topological polar surface area (TPSA) is 73.2 Å². The Morgan fingerprint density at radius 1 is 1.08 bits per heavy atom. The van der Waals surface area contributed by atoms with Crippen LogP contribution in [0.15, 0.2) is 65.4 Å². The van der Waals surface area contributed by atoms with Crippen molar-refractivity contribution in [2.24, 2.45) is 0 Å². The lowest BCUT2D eigenvalue weighted by atomic mass is 10.1. The molecule has 0 spiro atoms. The lowest BCUT2D eigenvalue weighted by Crippen LogP contribution is -2.12. The number of halogens is 1. The normalized spacial score (nSPS) is 10.4. The molecule has 1 N–H and O–H groups in total. The van der Waals surface area contributed by atoms with Gasteiger partial charge in [0.25, 0.3) is 5.91 Å². The first-order valence-electron chi connectivity index (χ1n) is 7.82. The van der Waals surface area contributed by atoms with Gasteiger partial charge in [0.15, 0.2) is 0 Å². The summed E-state index contributed by atoms with van der Waals surface area (Å²) in [4.78, 5) is 23.7. The summed E-state index contributed by atoms with van der Waals surface area (Å²) < 4.78 is 7.41. The molecule has 26 heavy (non-hydrogen) atoms. The van der Waals surface area contributed by atoms with Gasteiger partial charge in [-0.15, -0.1) is 0 Å². The third kappa shape index (κ3) is 4.37. The molecule has 6 nitrogen and oxygen atoms in total. The van der Waals surface area contributed by atoms with Crippen LogP contribution in [-0.4, -0.2) is 28.8 Å². The third-order valence-corrected chi connectivity index (χ3v) is 4.25. The predicted octanol–water partition coefficient (Wildman–Crippen LogP) is 3.73. The van der Waals surface area contributed by atoms with Gasteiger partial charge in [-0.2, -0.15) is 5.10 Å². The molecule has 0 atom stereocenters. The summed E-state index contributed by atoms with van der Waals surface area (Å²) in [5.74, 6) is -0.712. The Labute approximate surface area is 158 Å². The summed E-state index contributed by atoms with van der Waals surface area (Å²) in [6.07, 6.45) is 3.36. The van der Waals surface area contributed by atoms with E-state index in [1.807, 2.05) is 24.3 Å². The molecule has 3 aromatic rings. The number of ether oxygens (including phenoxy) is 1. The minimum Gasteiger partial charge on any atom is -0.465 e. The first-order chi connectivity index (χ1) is 12.5. The molecule has 0 aliphatic rings. The fourth-order valence-corrected chi connectivity index (χ4v) is 2.63. The van der Waals surface area contributed by atoms with E-state index in [0.717, 1.165) is 10.0 Å². The van der Waals surface area contributed by atoms with E-state index in [9.17, 15) is 9.59 Å². The van der Waals surface area contributed by atoms with E-state index in [4.69, 9.17) is 0 Å². The van der Waals surface area contributed by atoms with E-state index in [1.165, 1.54) is 7.11 Å². The van der Waals surface area contributed by atoms with Gasteiger partial charge in [0.2, 0.25) is 0 Å². The summed E-state index contributed by atoms with van der Waals surface area (Å²) >= 11 is 3.41. The second kappa shape index (κ2) is 7.97. The molecule has 0 aliphatic carbocycles. The smallest absolute Gasteiger partial charge is 0.337 e. The van der Waals surface area contributed by atoms with E-state index in [-0.39, 0.29) is 5.91 Å². The molecular weight excluding hydrogens is 398 g/mol. The van der Waals surface area contributed by atoms with Crippen LogP contribution in [0.3, 0.4) is 0 Å². The lowest BCUT2D eigenvalue weighted by Gasteiger charge is -2.04. The fraction of sp³-hybridized carbons (Fsp3) is 0.105. The maximum Gasteiger partial charge on any atom is 0.337 e. The van der Waals surface area contributed by atoms with Crippen LogP contribution in [0, 0.1) is 0 Å². The van der Waals surface area contributed by atoms with E-state index in [1.54, 1.807) is 41.3 Å². The van der Waals surface area contributed by atoms with Crippen LogP contribution < -0.4 is 5.32 Å². The molecule has 1 aromatic heterocycles. The van der Waals surface area contributed by atoms with Crippen molar-refractivity contribution in [3.8, 4) is 0 Å². The van der Waals surface area contributed by atoms with Gasteiger partial charge in [0, 0.05) is 16.2 Å². The highest BCUT2D eigenvalue weighted by molar-refractivity contribution is 9.10. The van der Waals surface area contributed by atoms with Gasteiger partial charge in [-0.05, 0) is 42.0 Å². The number of esters is 1. The Hall–Kier alpha value is -2.93. The maximum absolute atomic E-state index is 12.3. The molecule has 132 valence electrons. The molecule has 0 aliphatic heterocycles. The lowest BCUT2D eigenvalue weighted by molar-refractivity contribution is 0.0600. The van der Waals surface area contributed by atoms with Crippen LogP contribution in [0.1, 0.15) is 26.3 Å². The van der Waals surface area contributed by atoms with Gasteiger partial charge in [-0.1, -0.05) is 28.1 Å². The zero-order chi connectivity index (χ0) is 18.5. The molecule has 0 bridgehead atoms. The summed E-state index contributed by atoms with van der Waals surface area (Å²) in [6, 6.07) is 14.2. The molecule has 0 saturated carbocycles. The quantitative estimate of drug-likeness (QED) is 0.646. The average Bonchev–Trinajstić information content (AvgIpc) is 3.10. The maximum atomic E-state index is 12.3. The number of methoxy groups -OCH3 is 1. The van der Waals surface area contributed by atoms with Gasteiger partial charge in [-0.3, -0.25) is 9.48 Å². The van der Waals surface area contributed by atoms with Gasteiger partial charge in [0.1, 0.15) is 0 Å². The molecule has 0 radical (unpaired) electrons. The van der Waals surface area contributed by atoms with Crippen LogP contribution in [-0.2, 0) is 11.3 Å². The van der Waals surface area contributed by atoms with Crippen LogP contribution in [0.2, 0.25) is 0 Å². The average molecular weight is 414 g/mol. The van der Waals surface area contributed by atoms with Crippen molar-refractivity contribution >= 4 is 33.5 Å². The van der Waals surface area contributed by atoms with Gasteiger partial charge >= 0.3 is 5.97 Å². The second-order valence-electron chi connectivity index (χ2n) is 5.58. The molecule has 2 aromatic carbocycles. The van der Waals surface area contributed by atoms with Crippen LogP contribution in [0.5, 0.6) is 0 Å². The van der Waals surface area contributed by atoms with Crippen molar-refractivity contribution in [1.29, 1.82) is 0 Å². The first kappa shape index (κ1) is 17.9. The number of carbonyl (C=O) groups excluding carboxylic acids is 2. The number of hydrogen-bond donors (Lipinski definition) is 1. The summed E-state index contributed by atoms with van der Waals surface area (Å²) in [7, 11) is 1.31. The number of nitrogens with one attached hydrogen (secondary N) is 1. The minimum atomic E-state index is -0.439. The first-order valence-corrected chi connectivity index (χ1v) is 8.61. The Morgan fingerprint density at radius 2 is 1.73 bits per heavy atom. The van der Waals surface area contributed by atoms with Gasteiger partial charge < -0.3 is 10.1 Å². The Balaban J connectivity index is 1.63. The Morgan fingerprint density at radius 3 is 2.38 bits per heavy atom. The van der Waals surface area contributed by atoms with Crippen molar-refractivity contribution in [2.45, 2.75) is 6.54 Å². The molecule has 0 fully saturated rings. The van der Waals surface area contributed by atoms with E-state index in [2.05, 4.69) is 31.1 Å². The molecule has 0 unspecified atom stereocenters. The SMILES string of the molecule is COC(=O)c1ccc(C(=O)Nc2cnn(Cc3ccc(Br)cc3)c2)cc1. The highest BCUT2D eigenvalue weighted by Crippen LogP contribution is 2.14. The largest absolute Gasteiger partial charge is 0.465 e. The number of amides is 1. The molecule has 3 rings (SSSR count). The summed E-state index contributed by atoms with van der Waals surface area (Å²) in [6.45, 7) is 0.608. The molecule has 0 saturated heterocycles. The predicted molar refractivity (Wildman–Crippen MR) is 101 cm³/mol. The van der Waals surface area contributed by atoms with Crippen molar-refractivity contribution in [3.05, 3.63) is 82.1 Å². The Kier molecular flexibility index (Phi) is 5.48. The number of hydrogen-bond acceptors (Lipinski definition) is 4. The number of carbonyl (C=O) groups is 2. The van der Waals surface area contributed by atoms with Gasteiger partial charge in [-0.25, -0.2) is 4.79 Å². The van der Waals surface area contributed by atoms with Crippen molar-refractivity contribution in [2.75, 3.05) is 12.4 Å². The highest BCUT2D eigenvalue weighted by Gasteiger charge is 2.10. The second-order valence-corrected chi connectivity index (χ2v) is 6.49. The van der Waals surface area contributed by atoms with Crippen LogP contribution >= 0.6 is 15.9 Å². The molecule has 1 amide bonds. The third-order valence-electron chi connectivity index (χ3n) is 3.72. The van der Waals surface area contributed by atoms with Crippen molar-refractivity contribution < 1.29 is 14.3 Å². The molecular formula is C19H16BrN3O3. The standard InChI is InChI=1S/C19H16BrN3O3/c1-26-19(25)15-6-4-14(5-7-15)18(24)22-17-10-21-23(12-17)11-13-2-8-16(20)9-3-13/h2-10,12H,11H2,1H3,(H,22,24). The fourth-order valence-electron chi connectivity index (χ4n) is 2.37. The van der Waals surface area contributed by atoms with Crippen LogP contribution in [0.25, 0.3) is 0 Å². The highest BCUT2D eigenvalue weighted by atomic mass is 79.9. The molecule has 7 heteroatoms. The summed E-state index contributed by atoms with van der Waals surface area (Å²) in [5.41, 5.74) is 2.54. The zero-order valence-corrected chi connectivity index (χ0v) is 15.6. The van der Waals surface area contributed by atoms with Crippen LogP contribution in [0.4, 0.5) is 5.69 Å². The monoisotopic (exact) mass is 413 g/mol. The minimum absolute atomic E-state index is 0.274. The van der Waals surface area contributed by atoms with E-state index < -0.39 is 5.97 Å². The van der Waals surface area contributed by atoms with E-state index in [0.29, 0.717) is 23.4 Å². The van der Waals surface area contributed by atoms with Crippen molar-refractivity contribution in [3.63, 3.8) is 0 Å². The number of anilines is 1. The number of rotatable bonds is 5. The number of aromatic nitrogens is 2. The van der Waals surface area contributed by atoms with Crippen molar-refractivity contribution in [1.82, 2.24) is 9.78 Å². The zero-order valence-electron chi connectivity index (χ0n) is 14.0. The van der Waals surface area contributed by atoms with E-state index >= 15 is 0 Å². The van der Waals surface area contributed by atoms with Gasteiger partial charge in [0.05, 0.1) is 31.1 Å². The number of nitrogens with zero attached hydrogens (tertiary/aromatic N) is 2. The molecule has 1 heterocycles. The number of benzene rings is 2.